The van der Waals surface area contributed by atoms with Crippen molar-refractivity contribution in [1.82, 2.24) is 4.90 Å². The number of carbonyl (C=O) groups is 3. The van der Waals surface area contributed by atoms with E-state index in [1.165, 1.54) is 17.0 Å². The van der Waals surface area contributed by atoms with E-state index in [1.807, 2.05) is 0 Å². The molecule has 6 heteroatoms. The Labute approximate surface area is 139 Å². The van der Waals surface area contributed by atoms with Crippen molar-refractivity contribution >= 4 is 23.4 Å². The second kappa shape index (κ2) is 5.69. The van der Waals surface area contributed by atoms with Crippen molar-refractivity contribution in [1.29, 1.82) is 0 Å². The lowest BCUT2D eigenvalue weighted by Crippen LogP contribution is -2.42. The smallest absolute Gasteiger partial charge is 0.247 e. The Hall–Kier alpha value is -2.24. The highest BCUT2D eigenvalue weighted by Gasteiger charge is 2.48. The molecule has 0 aromatic heterocycles. The van der Waals surface area contributed by atoms with Crippen LogP contribution in [0.4, 0.5) is 10.1 Å². The van der Waals surface area contributed by atoms with Crippen molar-refractivity contribution in [2.45, 2.75) is 32.1 Å². The first-order valence-electron chi connectivity index (χ1n) is 8.50. The minimum Gasteiger partial charge on any atom is -0.310 e. The highest BCUT2D eigenvalue weighted by atomic mass is 19.1. The van der Waals surface area contributed by atoms with E-state index in [4.69, 9.17) is 0 Å². The van der Waals surface area contributed by atoms with Crippen molar-refractivity contribution in [2.24, 2.45) is 11.8 Å². The number of fused-ring (bicyclic) bond motifs is 2. The molecule has 1 saturated carbocycles. The molecule has 2 aliphatic heterocycles. The summed E-state index contributed by atoms with van der Waals surface area (Å²) in [6, 6.07) is 4.40. The number of carbonyl (C=O) groups excluding carboxylic acids is 3. The number of amides is 3. The molecule has 1 aromatic rings. The third kappa shape index (κ3) is 2.32. The maximum absolute atomic E-state index is 13.5. The molecule has 2 heterocycles. The monoisotopic (exact) mass is 330 g/mol. The van der Waals surface area contributed by atoms with Gasteiger partial charge >= 0.3 is 0 Å². The quantitative estimate of drug-likeness (QED) is 0.778. The van der Waals surface area contributed by atoms with Crippen molar-refractivity contribution in [3.63, 3.8) is 0 Å². The van der Waals surface area contributed by atoms with Crippen LogP contribution in [0.15, 0.2) is 18.2 Å². The first kappa shape index (κ1) is 15.3. The lowest BCUT2D eigenvalue weighted by atomic mass is 9.81. The van der Waals surface area contributed by atoms with Gasteiger partial charge in [-0.15, -0.1) is 0 Å². The van der Waals surface area contributed by atoms with E-state index in [-0.39, 0.29) is 36.1 Å². The summed E-state index contributed by atoms with van der Waals surface area (Å²) in [4.78, 5) is 40.2. The minimum atomic E-state index is -0.396. The summed E-state index contributed by atoms with van der Waals surface area (Å²) < 4.78 is 13.5. The summed E-state index contributed by atoms with van der Waals surface area (Å²) in [5.74, 6) is -1.63. The minimum absolute atomic E-state index is 0.211. The molecule has 1 aromatic carbocycles. The van der Waals surface area contributed by atoms with Crippen molar-refractivity contribution in [3.8, 4) is 0 Å². The summed E-state index contributed by atoms with van der Waals surface area (Å²) in [5.41, 5.74) is 1.47. The van der Waals surface area contributed by atoms with Crippen LogP contribution in [0.1, 0.15) is 31.2 Å². The van der Waals surface area contributed by atoms with E-state index in [0.717, 1.165) is 36.1 Å². The third-order valence-electron chi connectivity index (χ3n) is 5.47. The number of rotatable bonds is 2. The van der Waals surface area contributed by atoms with Gasteiger partial charge in [-0.25, -0.2) is 4.39 Å². The maximum atomic E-state index is 13.5. The highest BCUT2D eigenvalue weighted by molar-refractivity contribution is 6.09. The lowest BCUT2D eigenvalue weighted by molar-refractivity contribution is -0.143. The Bertz CT molecular complexity index is 709. The number of likely N-dealkylation sites (tertiary alicyclic amines) is 1. The molecule has 4 rings (SSSR count). The standard InChI is InChI=1S/C18H19FN2O3/c19-12-6-5-11-7-8-20(15(11)9-12)16(22)10-21-17(23)13-3-1-2-4-14(13)18(21)24/h5-6,9,13-14H,1-4,7-8,10H2. The SMILES string of the molecule is O=C1C2CCCCC2C(=O)N1CC(=O)N1CCc2ccc(F)cc21. The molecular formula is C18H19FN2O3. The fourth-order valence-corrected chi connectivity index (χ4v) is 4.22. The Balaban J connectivity index is 1.52. The van der Waals surface area contributed by atoms with Crippen molar-refractivity contribution in [3.05, 3.63) is 29.6 Å². The number of imide groups is 1. The normalized spacial score (nSPS) is 25.9. The molecule has 2 fully saturated rings. The third-order valence-corrected chi connectivity index (χ3v) is 5.47. The van der Waals surface area contributed by atoms with Gasteiger partial charge in [-0.05, 0) is 37.0 Å². The molecule has 3 amide bonds. The molecule has 3 aliphatic rings. The molecule has 2 unspecified atom stereocenters. The van der Waals surface area contributed by atoms with E-state index in [1.54, 1.807) is 6.07 Å². The van der Waals surface area contributed by atoms with Gasteiger partial charge in [0.25, 0.3) is 0 Å². The van der Waals surface area contributed by atoms with Gasteiger partial charge in [0.2, 0.25) is 17.7 Å². The van der Waals surface area contributed by atoms with E-state index in [0.29, 0.717) is 18.7 Å². The second-order valence-electron chi connectivity index (χ2n) is 6.83. The summed E-state index contributed by atoms with van der Waals surface area (Å²) in [7, 11) is 0. The topological polar surface area (TPSA) is 57.7 Å². The van der Waals surface area contributed by atoms with Crippen LogP contribution in [0.3, 0.4) is 0 Å². The molecule has 0 radical (unpaired) electrons. The van der Waals surface area contributed by atoms with Crippen LogP contribution >= 0.6 is 0 Å². The average Bonchev–Trinajstić information content (AvgIpc) is 3.10. The zero-order valence-corrected chi connectivity index (χ0v) is 13.3. The number of anilines is 1. The lowest BCUT2D eigenvalue weighted by Gasteiger charge is -2.21. The van der Waals surface area contributed by atoms with Gasteiger partial charge in [0.05, 0.1) is 11.8 Å². The molecule has 2 atom stereocenters. The molecule has 1 aliphatic carbocycles. The predicted molar refractivity (Wildman–Crippen MR) is 84.6 cm³/mol. The largest absolute Gasteiger partial charge is 0.310 e. The van der Waals surface area contributed by atoms with E-state index >= 15 is 0 Å². The van der Waals surface area contributed by atoms with Crippen LogP contribution < -0.4 is 4.90 Å². The highest BCUT2D eigenvalue weighted by Crippen LogP contribution is 2.38. The molecule has 24 heavy (non-hydrogen) atoms. The summed E-state index contributed by atoms with van der Waals surface area (Å²) in [6.45, 7) is 0.224. The number of hydrogen-bond donors (Lipinski definition) is 0. The molecular weight excluding hydrogens is 311 g/mol. The summed E-state index contributed by atoms with van der Waals surface area (Å²) in [5, 5.41) is 0. The van der Waals surface area contributed by atoms with Gasteiger partial charge in [-0.1, -0.05) is 18.9 Å². The number of benzene rings is 1. The fourth-order valence-electron chi connectivity index (χ4n) is 4.22. The van der Waals surface area contributed by atoms with Crippen molar-refractivity contribution < 1.29 is 18.8 Å². The molecule has 0 N–H and O–H groups in total. The maximum Gasteiger partial charge on any atom is 0.247 e. The molecule has 1 saturated heterocycles. The van der Waals surface area contributed by atoms with Gasteiger partial charge in [0.15, 0.2) is 0 Å². The second-order valence-corrected chi connectivity index (χ2v) is 6.83. The van der Waals surface area contributed by atoms with Gasteiger partial charge in [-0.3, -0.25) is 19.3 Å². The van der Waals surface area contributed by atoms with E-state index in [2.05, 4.69) is 0 Å². The summed E-state index contributed by atoms with van der Waals surface area (Å²) >= 11 is 0. The van der Waals surface area contributed by atoms with Gasteiger partial charge in [0.1, 0.15) is 12.4 Å². The molecule has 126 valence electrons. The first-order valence-corrected chi connectivity index (χ1v) is 8.50. The Kier molecular flexibility index (Phi) is 3.62. The van der Waals surface area contributed by atoms with Crippen LogP contribution in [-0.4, -0.2) is 35.7 Å². The zero-order chi connectivity index (χ0) is 16.8. The predicted octanol–water partition coefficient (Wildman–Crippen LogP) is 1.89. The number of hydrogen-bond acceptors (Lipinski definition) is 3. The van der Waals surface area contributed by atoms with Crippen LogP contribution in [0, 0.1) is 17.7 Å². The van der Waals surface area contributed by atoms with Gasteiger partial charge < -0.3 is 4.90 Å². The molecule has 0 spiro atoms. The molecule has 0 bridgehead atoms. The van der Waals surface area contributed by atoms with Gasteiger partial charge in [-0.2, -0.15) is 0 Å². The van der Waals surface area contributed by atoms with Crippen LogP contribution in [0.5, 0.6) is 0 Å². The Morgan fingerprint density at radius 2 is 1.79 bits per heavy atom. The van der Waals surface area contributed by atoms with Crippen molar-refractivity contribution in [2.75, 3.05) is 18.0 Å². The number of halogens is 1. The average molecular weight is 330 g/mol. The summed E-state index contributed by atoms with van der Waals surface area (Å²) in [6.07, 6.45) is 4.05. The van der Waals surface area contributed by atoms with Crippen LogP contribution in [0.25, 0.3) is 0 Å². The number of nitrogens with zero attached hydrogens (tertiary/aromatic N) is 2. The zero-order valence-electron chi connectivity index (χ0n) is 13.3. The van der Waals surface area contributed by atoms with Crippen LogP contribution in [0.2, 0.25) is 0 Å². The van der Waals surface area contributed by atoms with E-state index < -0.39 is 5.82 Å². The van der Waals surface area contributed by atoms with Gasteiger partial charge in [0, 0.05) is 12.2 Å². The van der Waals surface area contributed by atoms with Crippen LogP contribution in [-0.2, 0) is 20.8 Å². The Morgan fingerprint density at radius 3 is 2.46 bits per heavy atom. The first-order chi connectivity index (χ1) is 11.6. The fraction of sp³-hybridized carbons (Fsp3) is 0.500. The molecule has 5 nitrogen and oxygen atoms in total. The Morgan fingerprint density at radius 1 is 1.12 bits per heavy atom. The van der Waals surface area contributed by atoms with E-state index in [9.17, 15) is 18.8 Å².